The van der Waals surface area contributed by atoms with E-state index in [4.69, 9.17) is 9.47 Å². The highest BCUT2D eigenvalue weighted by atomic mass is 32.2. The third-order valence-electron chi connectivity index (χ3n) is 5.69. The van der Waals surface area contributed by atoms with Crippen molar-refractivity contribution in [2.75, 3.05) is 27.2 Å². The molecule has 1 aliphatic rings. The van der Waals surface area contributed by atoms with E-state index in [0.29, 0.717) is 31.7 Å². The maximum absolute atomic E-state index is 13.0. The van der Waals surface area contributed by atoms with Crippen LogP contribution in [0, 0.1) is 5.92 Å². The van der Waals surface area contributed by atoms with Crippen LogP contribution >= 0.6 is 0 Å². The quantitative estimate of drug-likeness (QED) is 0.546. The number of nitrogens with zero attached hydrogens (tertiary/aromatic N) is 2. The Balaban J connectivity index is 1.59. The van der Waals surface area contributed by atoms with Gasteiger partial charge in [0, 0.05) is 26.7 Å². The van der Waals surface area contributed by atoms with Crippen molar-refractivity contribution in [2.24, 2.45) is 5.92 Å². The van der Waals surface area contributed by atoms with Gasteiger partial charge < -0.3 is 14.4 Å². The van der Waals surface area contributed by atoms with E-state index in [1.807, 2.05) is 30.3 Å². The Kier molecular flexibility index (Phi) is 8.10. The molecule has 0 aromatic heterocycles. The van der Waals surface area contributed by atoms with Crippen LogP contribution in [0.3, 0.4) is 0 Å². The molecular weight excluding hydrogens is 444 g/mol. The Labute approximate surface area is 195 Å². The Morgan fingerprint density at radius 3 is 2.42 bits per heavy atom. The van der Waals surface area contributed by atoms with Gasteiger partial charge in [0.2, 0.25) is 10.0 Å². The van der Waals surface area contributed by atoms with Crippen molar-refractivity contribution in [1.82, 2.24) is 9.21 Å². The van der Waals surface area contributed by atoms with E-state index in [0.717, 1.165) is 5.56 Å². The number of carbonyl (C=O) groups is 2. The van der Waals surface area contributed by atoms with Gasteiger partial charge in [-0.05, 0) is 49.6 Å². The fraction of sp³-hybridized carbons (Fsp3) is 0.417. The molecule has 1 fully saturated rings. The third kappa shape index (κ3) is 6.11. The topological polar surface area (TPSA) is 93.2 Å². The molecule has 9 heteroatoms. The van der Waals surface area contributed by atoms with Crippen LogP contribution in [0.2, 0.25) is 0 Å². The SMILES string of the molecule is COc1ccc(S(=O)(=O)N2CCCC(C(=O)OC(C)C(=O)N(C)Cc3ccccc3)C2)cc1. The number of amides is 1. The summed E-state index contributed by atoms with van der Waals surface area (Å²) in [4.78, 5) is 27.1. The van der Waals surface area contributed by atoms with Gasteiger partial charge in [0.05, 0.1) is 17.9 Å². The lowest BCUT2D eigenvalue weighted by Gasteiger charge is -2.31. The van der Waals surface area contributed by atoms with Crippen molar-refractivity contribution in [1.29, 1.82) is 0 Å². The van der Waals surface area contributed by atoms with E-state index >= 15 is 0 Å². The fourth-order valence-corrected chi connectivity index (χ4v) is 5.34. The molecule has 0 radical (unpaired) electrons. The minimum absolute atomic E-state index is 0.0218. The van der Waals surface area contributed by atoms with Crippen LogP contribution in [0.25, 0.3) is 0 Å². The van der Waals surface area contributed by atoms with Crippen LogP contribution < -0.4 is 4.74 Å². The first kappa shape index (κ1) is 24.7. The molecule has 33 heavy (non-hydrogen) atoms. The number of hydrogen-bond acceptors (Lipinski definition) is 6. The minimum atomic E-state index is -3.75. The van der Waals surface area contributed by atoms with Gasteiger partial charge >= 0.3 is 5.97 Å². The van der Waals surface area contributed by atoms with Crippen molar-refractivity contribution >= 4 is 21.9 Å². The molecule has 1 saturated heterocycles. The summed E-state index contributed by atoms with van der Waals surface area (Å²) >= 11 is 0. The second-order valence-electron chi connectivity index (χ2n) is 8.14. The Hall–Kier alpha value is -2.91. The van der Waals surface area contributed by atoms with Crippen LogP contribution in [0.15, 0.2) is 59.5 Å². The second-order valence-corrected chi connectivity index (χ2v) is 10.1. The molecule has 0 aliphatic carbocycles. The molecule has 8 nitrogen and oxygen atoms in total. The van der Waals surface area contributed by atoms with E-state index in [9.17, 15) is 18.0 Å². The van der Waals surface area contributed by atoms with Crippen molar-refractivity contribution in [3.63, 3.8) is 0 Å². The van der Waals surface area contributed by atoms with E-state index < -0.39 is 28.0 Å². The summed E-state index contributed by atoms with van der Waals surface area (Å²) in [5.74, 6) is -0.935. The van der Waals surface area contributed by atoms with Crippen molar-refractivity contribution < 1.29 is 27.5 Å². The molecule has 1 aliphatic heterocycles. The number of piperidine rings is 1. The van der Waals surface area contributed by atoms with Gasteiger partial charge in [0.15, 0.2) is 6.10 Å². The number of carbonyl (C=O) groups excluding carboxylic acids is 2. The number of hydrogen-bond donors (Lipinski definition) is 0. The summed E-state index contributed by atoms with van der Waals surface area (Å²) in [6.07, 6.45) is 0.0828. The predicted molar refractivity (Wildman–Crippen MR) is 123 cm³/mol. The van der Waals surface area contributed by atoms with Gasteiger partial charge in [0.25, 0.3) is 5.91 Å². The maximum Gasteiger partial charge on any atom is 0.311 e. The van der Waals surface area contributed by atoms with E-state index in [1.54, 1.807) is 19.2 Å². The first-order valence-electron chi connectivity index (χ1n) is 10.9. The molecule has 2 unspecified atom stereocenters. The number of benzene rings is 2. The summed E-state index contributed by atoms with van der Waals surface area (Å²) in [5, 5.41) is 0. The molecule has 0 bridgehead atoms. The summed E-state index contributed by atoms with van der Waals surface area (Å²) in [6.45, 7) is 2.29. The Morgan fingerprint density at radius 1 is 1.12 bits per heavy atom. The number of sulfonamides is 1. The molecule has 0 saturated carbocycles. The van der Waals surface area contributed by atoms with Gasteiger partial charge in [-0.25, -0.2) is 8.42 Å². The molecule has 1 amide bonds. The number of rotatable bonds is 8. The smallest absolute Gasteiger partial charge is 0.311 e. The van der Waals surface area contributed by atoms with E-state index in [-0.39, 0.29) is 17.3 Å². The first-order chi connectivity index (χ1) is 15.7. The van der Waals surface area contributed by atoms with Gasteiger partial charge in [-0.2, -0.15) is 4.31 Å². The number of methoxy groups -OCH3 is 1. The fourth-order valence-electron chi connectivity index (χ4n) is 3.82. The van der Waals surface area contributed by atoms with Gasteiger partial charge in [-0.1, -0.05) is 30.3 Å². The molecule has 1 heterocycles. The Bertz CT molecular complexity index is 1060. The highest BCUT2D eigenvalue weighted by Gasteiger charge is 2.35. The van der Waals surface area contributed by atoms with Crippen LogP contribution in [0.4, 0.5) is 0 Å². The zero-order valence-corrected chi connectivity index (χ0v) is 20.0. The normalized spacial score (nSPS) is 17.7. The average Bonchev–Trinajstić information content (AvgIpc) is 2.84. The van der Waals surface area contributed by atoms with Crippen molar-refractivity contribution in [3.8, 4) is 5.75 Å². The lowest BCUT2D eigenvalue weighted by molar-refractivity contribution is -0.163. The zero-order valence-electron chi connectivity index (χ0n) is 19.1. The molecule has 178 valence electrons. The predicted octanol–water partition coefficient (Wildman–Crippen LogP) is 2.69. The molecule has 0 spiro atoms. The van der Waals surface area contributed by atoms with E-state index in [2.05, 4.69) is 0 Å². The largest absolute Gasteiger partial charge is 0.497 e. The highest BCUT2D eigenvalue weighted by Crippen LogP contribution is 2.26. The maximum atomic E-state index is 13.0. The second kappa shape index (κ2) is 10.8. The van der Waals surface area contributed by atoms with Crippen molar-refractivity contribution in [3.05, 3.63) is 60.2 Å². The lowest BCUT2D eigenvalue weighted by Crippen LogP contribution is -2.44. The molecule has 0 N–H and O–H groups in total. The summed E-state index contributed by atoms with van der Waals surface area (Å²) in [7, 11) is -0.586. The van der Waals surface area contributed by atoms with Crippen LogP contribution in [-0.4, -0.2) is 62.9 Å². The van der Waals surface area contributed by atoms with Crippen molar-refractivity contribution in [2.45, 2.75) is 37.3 Å². The summed E-state index contributed by atoms with van der Waals surface area (Å²) in [6, 6.07) is 15.7. The number of esters is 1. The standard InChI is InChI=1S/C24H30N2O6S/c1-18(23(27)25(2)16-19-8-5-4-6-9-19)32-24(28)20-10-7-15-26(17-20)33(29,30)22-13-11-21(31-3)12-14-22/h4-6,8-9,11-14,18,20H,7,10,15-17H2,1-3H3. The van der Waals surface area contributed by atoms with Crippen LogP contribution in [0.5, 0.6) is 5.75 Å². The molecule has 2 atom stereocenters. The van der Waals surface area contributed by atoms with E-state index in [1.165, 1.54) is 35.4 Å². The molecule has 2 aromatic carbocycles. The van der Waals surface area contributed by atoms with Crippen LogP contribution in [0.1, 0.15) is 25.3 Å². The summed E-state index contributed by atoms with van der Waals surface area (Å²) in [5.41, 5.74) is 0.971. The van der Waals surface area contributed by atoms with Gasteiger partial charge in [-0.3, -0.25) is 9.59 Å². The monoisotopic (exact) mass is 474 g/mol. The van der Waals surface area contributed by atoms with Crippen LogP contribution in [-0.2, 0) is 30.9 Å². The average molecular weight is 475 g/mol. The molecular formula is C24H30N2O6S. The van der Waals surface area contributed by atoms with Gasteiger partial charge in [-0.15, -0.1) is 0 Å². The summed E-state index contributed by atoms with van der Waals surface area (Å²) < 4.78 is 37.9. The molecule has 2 aromatic rings. The highest BCUT2D eigenvalue weighted by molar-refractivity contribution is 7.89. The molecule has 3 rings (SSSR count). The minimum Gasteiger partial charge on any atom is -0.497 e. The third-order valence-corrected chi connectivity index (χ3v) is 7.57. The van der Waals surface area contributed by atoms with Gasteiger partial charge in [0.1, 0.15) is 5.75 Å². The lowest BCUT2D eigenvalue weighted by atomic mass is 10.00. The number of likely N-dealkylation sites (N-methyl/N-ethyl adjacent to an activating group) is 1. The Morgan fingerprint density at radius 2 is 1.79 bits per heavy atom. The zero-order chi connectivity index (χ0) is 24.0. The first-order valence-corrected chi connectivity index (χ1v) is 12.3. The number of ether oxygens (including phenoxy) is 2.